The fourth-order valence-electron chi connectivity index (χ4n) is 2.00. The number of rotatable bonds is 6. The van der Waals surface area contributed by atoms with Crippen molar-refractivity contribution in [2.75, 3.05) is 34.3 Å². The van der Waals surface area contributed by atoms with Gasteiger partial charge in [-0.2, -0.15) is 4.98 Å². The number of nitrogens with one attached hydrogen (secondary N) is 2. The van der Waals surface area contributed by atoms with Gasteiger partial charge in [0.25, 0.3) is 5.91 Å². The van der Waals surface area contributed by atoms with E-state index in [-0.39, 0.29) is 11.6 Å². The van der Waals surface area contributed by atoms with Gasteiger partial charge < -0.3 is 19.9 Å². The number of benzene rings is 1. The Morgan fingerprint density at radius 1 is 1.35 bits per heavy atom. The summed E-state index contributed by atoms with van der Waals surface area (Å²) in [6, 6.07) is 8.72. The predicted molar refractivity (Wildman–Crippen MR) is 87.7 cm³/mol. The Labute approximate surface area is 134 Å². The monoisotopic (exact) mass is 316 g/mol. The van der Waals surface area contributed by atoms with Crippen LogP contribution in [0.5, 0.6) is 5.75 Å². The van der Waals surface area contributed by atoms with Crippen LogP contribution in [0.3, 0.4) is 0 Å². The summed E-state index contributed by atoms with van der Waals surface area (Å²) in [6.45, 7) is 1.20. The summed E-state index contributed by atoms with van der Waals surface area (Å²) in [5.74, 6) is 0.317. The lowest BCUT2D eigenvalue weighted by Gasteiger charge is -2.10. The van der Waals surface area contributed by atoms with E-state index < -0.39 is 5.69 Å². The molecule has 1 aromatic carbocycles. The summed E-state index contributed by atoms with van der Waals surface area (Å²) in [5.41, 5.74) is 0.743. The molecule has 2 N–H and O–H groups in total. The number of carbonyl (C=O) groups is 1. The molecule has 0 radical (unpaired) electrons. The molecule has 23 heavy (non-hydrogen) atoms. The van der Waals surface area contributed by atoms with Crippen molar-refractivity contribution in [3.8, 4) is 17.0 Å². The largest absolute Gasteiger partial charge is 0.497 e. The Kier molecular flexibility index (Phi) is 5.48. The van der Waals surface area contributed by atoms with E-state index in [2.05, 4.69) is 15.3 Å². The van der Waals surface area contributed by atoms with Gasteiger partial charge in [0, 0.05) is 18.7 Å². The van der Waals surface area contributed by atoms with E-state index in [1.807, 2.05) is 19.0 Å². The van der Waals surface area contributed by atoms with Crippen molar-refractivity contribution in [1.29, 1.82) is 0 Å². The third-order valence-corrected chi connectivity index (χ3v) is 3.20. The molecule has 0 fully saturated rings. The van der Waals surface area contributed by atoms with Crippen molar-refractivity contribution in [1.82, 2.24) is 20.2 Å². The second kappa shape index (κ2) is 7.55. The Bertz CT molecular complexity index is 740. The van der Waals surface area contributed by atoms with Crippen molar-refractivity contribution >= 4 is 5.91 Å². The number of aromatic nitrogens is 2. The number of carbonyl (C=O) groups excluding carboxylic acids is 1. The average Bonchev–Trinajstić information content (AvgIpc) is 2.54. The molecule has 0 aliphatic rings. The van der Waals surface area contributed by atoms with Crippen LogP contribution in [0.4, 0.5) is 0 Å². The molecule has 1 heterocycles. The lowest BCUT2D eigenvalue weighted by molar-refractivity contribution is 0.0945. The molecule has 0 aliphatic carbocycles. The number of hydrogen-bond acceptors (Lipinski definition) is 5. The third kappa shape index (κ3) is 4.65. The van der Waals surface area contributed by atoms with Gasteiger partial charge in [-0.1, -0.05) is 12.1 Å². The Morgan fingerprint density at radius 3 is 2.83 bits per heavy atom. The summed E-state index contributed by atoms with van der Waals surface area (Å²) in [4.78, 5) is 32.2. The molecule has 1 aromatic heterocycles. The van der Waals surface area contributed by atoms with Crippen molar-refractivity contribution in [2.45, 2.75) is 0 Å². The number of likely N-dealkylation sites (N-methyl/N-ethyl adjacent to an activating group) is 1. The van der Waals surface area contributed by atoms with E-state index in [0.717, 1.165) is 0 Å². The molecular formula is C16H20N4O3. The van der Waals surface area contributed by atoms with Crippen LogP contribution in [0.2, 0.25) is 0 Å². The number of amides is 1. The first-order valence-corrected chi connectivity index (χ1v) is 7.18. The SMILES string of the molecule is COc1cccc(-c2cc(C(=O)NCCN(C)C)[nH]c(=O)n2)c1. The van der Waals surface area contributed by atoms with Crippen molar-refractivity contribution in [3.63, 3.8) is 0 Å². The molecule has 0 aliphatic heterocycles. The minimum absolute atomic E-state index is 0.182. The minimum Gasteiger partial charge on any atom is -0.497 e. The highest BCUT2D eigenvalue weighted by atomic mass is 16.5. The number of hydrogen-bond donors (Lipinski definition) is 2. The molecule has 0 saturated carbocycles. The number of H-pyrrole nitrogens is 1. The van der Waals surface area contributed by atoms with Gasteiger partial charge >= 0.3 is 5.69 Å². The molecule has 7 heteroatoms. The maximum absolute atomic E-state index is 12.1. The molecule has 0 bridgehead atoms. The molecule has 0 atom stereocenters. The summed E-state index contributed by atoms with van der Waals surface area (Å²) >= 11 is 0. The Balaban J connectivity index is 2.24. The second-order valence-corrected chi connectivity index (χ2v) is 5.28. The Morgan fingerprint density at radius 2 is 2.13 bits per heavy atom. The summed E-state index contributed by atoms with van der Waals surface area (Å²) < 4.78 is 5.16. The number of methoxy groups -OCH3 is 1. The lowest BCUT2D eigenvalue weighted by Crippen LogP contribution is -2.33. The zero-order valence-electron chi connectivity index (χ0n) is 13.4. The summed E-state index contributed by atoms with van der Waals surface area (Å²) in [7, 11) is 5.40. The fraction of sp³-hybridized carbons (Fsp3) is 0.312. The second-order valence-electron chi connectivity index (χ2n) is 5.28. The van der Waals surface area contributed by atoms with Gasteiger partial charge in [-0.25, -0.2) is 4.79 Å². The normalized spacial score (nSPS) is 10.6. The first-order chi connectivity index (χ1) is 11.0. The van der Waals surface area contributed by atoms with Gasteiger partial charge in [0.1, 0.15) is 11.4 Å². The zero-order valence-corrected chi connectivity index (χ0v) is 13.4. The highest BCUT2D eigenvalue weighted by molar-refractivity contribution is 5.93. The van der Waals surface area contributed by atoms with E-state index in [9.17, 15) is 9.59 Å². The molecule has 1 amide bonds. The van der Waals surface area contributed by atoms with Crippen LogP contribution >= 0.6 is 0 Å². The van der Waals surface area contributed by atoms with Crippen LogP contribution in [-0.2, 0) is 0 Å². The van der Waals surface area contributed by atoms with Gasteiger partial charge in [-0.05, 0) is 32.3 Å². The van der Waals surface area contributed by atoms with Crippen LogP contribution in [0.1, 0.15) is 10.5 Å². The predicted octanol–water partition coefficient (Wildman–Crippen LogP) is 0.737. The highest BCUT2D eigenvalue weighted by Crippen LogP contribution is 2.21. The van der Waals surface area contributed by atoms with Gasteiger partial charge in [0.15, 0.2) is 0 Å². The van der Waals surface area contributed by atoms with Crippen LogP contribution < -0.4 is 15.7 Å². The lowest BCUT2D eigenvalue weighted by atomic mass is 10.1. The van der Waals surface area contributed by atoms with Gasteiger partial charge in [-0.15, -0.1) is 0 Å². The molecular weight excluding hydrogens is 296 g/mol. The maximum Gasteiger partial charge on any atom is 0.346 e. The van der Waals surface area contributed by atoms with Gasteiger partial charge in [-0.3, -0.25) is 4.79 Å². The topological polar surface area (TPSA) is 87.3 Å². The molecule has 0 unspecified atom stereocenters. The first-order valence-electron chi connectivity index (χ1n) is 7.18. The molecule has 7 nitrogen and oxygen atoms in total. The van der Waals surface area contributed by atoms with Crippen LogP contribution in [-0.4, -0.2) is 55.1 Å². The first kappa shape index (κ1) is 16.7. The Hall–Kier alpha value is -2.67. The number of nitrogens with zero attached hydrogens (tertiary/aromatic N) is 2. The van der Waals surface area contributed by atoms with E-state index in [1.165, 1.54) is 0 Å². The van der Waals surface area contributed by atoms with Crippen molar-refractivity contribution in [3.05, 3.63) is 46.5 Å². The van der Waals surface area contributed by atoms with E-state index in [1.54, 1.807) is 37.4 Å². The maximum atomic E-state index is 12.1. The van der Waals surface area contributed by atoms with Crippen LogP contribution in [0.25, 0.3) is 11.3 Å². The molecule has 0 saturated heterocycles. The number of ether oxygens (including phenoxy) is 1. The summed E-state index contributed by atoms with van der Waals surface area (Å²) in [5, 5.41) is 2.76. The highest BCUT2D eigenvalue weighted by Gasteiger charge is 2.11. The fourth-order valence-corrected chi connectivity index (χ4v) is 2.00. The molecule has 0 spiro atoms. The van der Waals surface area contributed by atoms with Gasteiger partial charge in [0.2, 0.25) is 0 Å². The van der Waals surface area contributed by atoms with E-state index >= 15 is 0 Å². The summed E-state index contributed by atoms with van der Waals surface area (Å²) in [6.07, 6.45) is 0. The molecule has 2 aromatic rings. The standard InChI is InChI=1S/C16H20N4O3/c1-20(2)8-7-17-15(21)14-10-13(18-16(22)19-14)11-5-4-6-12(9-11)23-3/h4-6,9-10H,7-8H2,1-3H3,(H,17,21)(H,18,19,22). The minimum atomic E-state index is -0.567. The third-order valence-electron chi connectivity index (χ3n) is 3.20. The van der Waals surface area contributed by atoms with Crippen LogP contribution in [0, 0.1) is 0 Å². The smallest absolute Gasteiger partial charge is 0.346 e. The molecule has 122 valence electrons. The number of aromatic amines is 1. The van der Waals surface area contributed by atoms with Gasteiger partial charge in [0.05, 0.1) is 12.8 Å². The molecule has 2 rings (SSSR count). The van der Waals surface area contributed by atoms with E-state index in [0.29, 0.717) is 30.1 Å². The average molecular weight is 316 g/mol. The van der Waals surface area contributed by atoms with Crippen molar-refractivity contribution < 1.29 is 9.53 Å². The zero-order chi connectivity index (χ0) is 16.8. The van der Waals surface area contributed by atoms with E-state index in [4.69, 9.17) is 4.74 Å². The quantitative estimate of drug-likeness (QED) is 0.820. The van der Waals surface area contributed by atoms with Crippen LogP contribution in [0.15, 0.2) is 35.1 Å². The van der Waals surface area contributed by atoms with Crippen molar-refractivity contribution in [2.24, 2.45) is 0 Å².